The van der Waals surface area contributed by atoms with Gasteiger partial charge in [0, 0.05) is 0 Å². The van der Waals surface area contributed by atoms with Gasteiger partial charge in [-0.1, -0.05) is 109 Å². The summed E-state index contributed by atoms with van der Waals surface area (Å²) in [5.41, 5.74) is 0. The van der Waals surface area contributed by atoms with Crippen molar-refractivity contribution in [2.75, 3.05) is 12.3 Å². The van der Waals surface area contributed by atoms with Crippen molar-refractivity contribution in [2.24, 2.45) is 0 Å². The predicted molar refractivity (Wildman–Crippen MR) is 198 cm³/mol. The second kappa shape index (κ2) is 20.9. The lowest BCUT2D eigenvalue weighted by atomic mass is 10.2. The van der Waals surface area contributed by atoms with Crippen molar-refractivity contribution in [1.29, 1.82) is 0 Å². The molecule has 0 radical (unpaired) electrons. The second-order valence-corrected chi connectivity index (χ2v) is 21.0. The maximum atomic E-state index is 8.49. The summed E-state index contributed by atoms with van der Waals surface area (Å²) in [6.45, 7) is 0. The number of hydrogen-bond acceptors (Lipinski definition) is 8. The van der Waals surface area contributed by atoms with Crippen molar-refractivity contribution < 1.29 is 57.8 Å². The van der Waals surface area contributed by atoms with Gasteiger partial charge in [0.25, 0.3) is 0 Å². The molecule has 0 N–H and O–H groups in total. The van der Waals surface area contributed by atoms with E-state index in [0.29, 0.717) is 0 Å². The average molecular weight is 808 g/mol. The van der Waals surface area contributed by atoms with Gasteiger partial charge in [0.2, 0.25) is 0 Å². The van der Waals surface area contributed by atoms with Crippen molar-refractivity contribution >= 4 is 46.4 Å². The quantitative estimate of drug-likeness (QED) is 0.105. The molecule has 54 heavy (non-hydrogen) atoms. The standard InChI is InChI=1S/C42H42P2.2ClHO4/c1(21-35-43(37-23-9-3-10-24-37,38-25-11-4-12-26-38)39-27-13-5-14-28-39)2-22-36-44(40-29-15-6-16-30-40,41-31-17-7-18-32-41)42-33-19-8-20-34-42;2*2-1(3,4)5/h3-20,23-34H,1-2,21-22,35-36H2;2*(H,2,3,4,5)/q+2;;/p-2. The largest absolute Gasteiger partial charge is 0.222 e. The first-order valence-corrected chi connectivity index (χ1v) is 23.6. The molecule has 6 aromatic carbocycles. The fraction of sp³-hybridized carbons (Fsp3) is 0.143. The van der Waals surface area contributed by atoms with Gasteiger partial charge >= 0.3 is 0 Å². The Kier molecular flexibility index (Phi) is 16.7. The Morgan fingerprint density at radius 3 is 0.556 bits per heavy atom. The zero-order chi connectivity index (χ0) is 38.9. The van der Waals surface area contributed by atoms with Crippen LogP contribution in [0.2, 0.25) is 0 Å². The van der Waals surface area contributed by atoms with Crippen LogP contribution in [0.5, 0.6) is 0 Å². The summed E-state index contributed by atoms with van der Waals surface area (Å²) in [5.74, 6) is 0. The third-order valence-corrected chi connectivity index (χ3v) is 18.0. The lowest BCUT2D eigenvalue weighted by molar-refractivity contribution is -2.00. The molecule has 0 saturated heterocycles. The van der Waals surface area contributed by atoms with Gasteiger partial charge < -0.3 is 0 Å². The van der Waals surface area contributed by atoms with Crippen LogP contribution in [-0.2, 0) is 0 Å². The molecule has 8 nitrogen and oxygen atoms in total. The molecule has 12 heteroatoms. The van der Waals surface area contributed by atoms with E-state index < -0.39 is 35.0 Å². The zero-order valence-electron chi connectivity index (χ0n) is 29.5. The van der Waals surface area contributed by atoms with Crippen molar-refractivity contribution in [3.05, 3.63) is 182 Å². The van der Waals surface area contributed by atoms with Crippen LogP contribution in [0.15, 0.2) is 182 Å². The van der Waals surface area contributed by atoms with Crippen molar-refractivity contribution in [3.63, 3.8) is 0 Å². The van der Waals surface area contributed by atoms with Crippen molar-refractivity contribution in [3.8, 4) is 0 Å². The first kappa shape index (κ1) is 43.2. The van der Waals surface area contributed by atoms with Crippen molar-refractivity contribution in [2.45, 2.75) is 25.7 Å². The lowest BCUT2D eigenvalue weighted by Crippen LogP contribution is -2.68. The van der Waals surface area contributed by atoms with E-state index in [4.69, 9.17) is 37.3 Å². The second-order valence-electron chi connectivity index (χ2n) is 12.3. The molecule has 0 unspecified atom stereocenters. The highest BCUT2D eigenvalue weighted by molar-refractivity contribution is 7.96. The minimum atomic E-state index is -4.94. The molecule has 6 rings (SSSR count). The van der Waals surface area contributed by atoms with Crippen LogP contribution >= 0.6 is 14.5 Å². The van der Waals surface area contributed by atoms with Gasteiger partial charge in [-0.05, 0) is 98.5 Å². The molecule has 0 bridgehead atoms. The Morgan fingerprint density at radius 1 is 0.259 bits per heavy atom. The molecule has 0 heterocycles. The normalized spacial score (nSPS) is 11.8. The first-order chi connectivity index (χ1) is 25.8. The third kappa shape index (κ3) is 13.0. The fourth-order valence-electron chi connectivity index (χ4n) is 6.82. The summed E-state index contributed by atoms with van der Waals surface area (Å²) in [6, 6.07) is 67.9. The number of benzene rings is 6. The molecule has 0 aliphatic carbocycles. The summed E-state index contributed by atoms with van der Waals surface area (Å²) in [4.78, 5) is 0. The van der Waals surface area contributed by atoms with E-state index in [0.717, 1.165) is 0 Å². The van der Waals surface area contributed by atoms with Gasteiger partial charge in [-0.15, -0.1) is 20.5 Å². The molecule has 0 aromatic heterocycles. The number of halogens is 2. The topological polar surface area (TPSA) is 184 Å². The van der Waals surface area contributed by atoms with E-state index in [1.54, 1.807) is 0 Å². The van der Waals surface area contributed by atoms with Crippen molar-refractivity contribution in [1.82, 2.24) is 0 Å². The molecule has 6 aromatic rings. The van der Waals surface area contributed by atoms with Crippen LogP contribution in [0.25, 0.3) is 0 Å². The summed E-state index contributed by atoms with van der Waals surface area (Å²) >= 11 is 0. The fourth-order valence-corrected chi connectivity index (χ4v) is 15.6. The van der Waals surface area contributed by atoms with Crippen LogP contribution in [0.4, 0.5) is 0 Å². The maximum Gasteiger partial charge on any atom is 0.112 e. The van der Waals surface area contributed by atoms with Gasteiger partial charge in [0.1, 0.15) is 46.4 Å². The van der Waals surface area contributed by atoms with E-state index in [1.165, 1.54) is 69.8 Å². The Bertz CT molecular complexity index is 1550. The van der Waals surface area contributed by atoms with E-state index >= 15 is 0 Å². The zero-order valence-corrected chi connectivity index (χ0v) is 32.8. The molecular weight excluding hydrogens is 765 g/mol. The van der Waals surface area contributed by atoms with Gasteiger partial charge in [-0.3, -0.25) is 0 Å². The Hall–Kier alpha value is -3.56. The van der Waals surface area contributed by atoms with Gasteiger partial charge in [-0.25, -0.2) is 37.3 Å². The molecule has 0 saturated carbocycles. The highest BCUT2D eigenvalue weighted by Gasteiger charge is 2.46. The first-order valence-electron chi connectivity index (χ1n) is 17.2. The Balaban J connectivity index is 0.000000577. The molecule has 0 spiro atoms. The molecule has 0 aliphatic rings. The number of hydrogen-bond donors (Lipinski definition) is 0. The monoisotopic (exact) mass is 806 g/mol. The smallest absolute Gasteiger partial charge is 0.112 e. The van der Waals surface area contributed by atoms with Crippen LogP contribution < -0.4 is 69.1 Å². The minimum Gasteiger partial charge on any atom is -0.222 e. The predicted octanol–water partition coefficient (Wildman–Crippen LogP) is -0.977. The number of rotatable bonds is 13. The van der Waals surface area contributed by atoms with Gasteiger partial charge in [0.15, 0.2) is 0 Å². The lowest BCUT2D eigenvalue weighted by Gasteiger charge is -2.28. The molecule has 0 aliphatic heterocycles. The summed E-state index contributed by atoms with van der Waals surface area (Å²) in [5, 5.41) is 8.91. The highest BCUT2D eigenvalue weighted by atomic mass is 35.7. The molecule has 0 fully saturated rings. The van der Waals surface area contributed by atoms with Crippen LogP contribution in [-0.4, -0.2) is 12.3 Å². The van der Waals surface area contributed by atoms with E-state index in [2.05, 4.69) is 182 Å². The summed E-state index contributed by atoms with van der Waals surface area (Å²) < 4.78 is 67.9. The van der Waals surface area contributed by atoms with Gasteiger partial charge in [-0.2, -0.15) is 0 Å². The Labute approximate surface area is 322 Å². The van der Waals surface area contributed by atoms with Gasteiger partial charge in [0.05, 0.1) is 12.3 Å². The third-order valence-electron chi connectivity index (χ3n) is 8.92. The Morgan fingerprint density at radius 2 is 0.407 bits per heavy atom. The van der Waals surface area contributed by atoms with Crippen LogP contribution in [0, 0.1) is 20.5 Å². The maximum absolute atomic E-state index is 8.49. The summed E-state index contributed by atoms with van der Waals surface area (Å²) in [6.07, 6.45) is 7.32. The number of unbranched alkanes of at least 4 members (excludes halogenated alkanes) is 3. The van der Waals surface area contributed by atoms with E-state index in [9.17, 15) is 0 Å². The minimum absolute atomic E-state index is 1.20. The molecular formula is C42H42Cl2O8P2. The van der Waals surface area contributed by atoms with E-state index in [-0.39, 0.29) is 0 Å². The molecule has 0 atom stereocenters. The molecule has 0 amide bonds. The average Bonchev–Trinajstić information content (AvgIpc) is 3.17. The summed E-state index contributed by atoms with van der Waals surface area (Å²) in [7, 11) is -13.4. The SMILES string of the molecule is [O-][Cl+3]([O-])([O-])[O-].[O-][Cl+3]([O-])([O-])[O-].c1ccc([P+](CCCCCC[P+](c2ccccc2)(c2ccccc2)c2ccccc2)(c2ccccc2)c2ccccc2)cc1. The molecule has 282 valence electrons. The van der Waals surface area contributed by atoms with Crippen LogP contribution in [0.1, 0.15) is 25.7 Å². The van der Waals surface area contributed by atoms with Crippen LogP contribution in [0.3, 0.4) is 0 Å². The highest BCUT2D eigenvalue weighted by Crippen LogP contribution is 2.57. The van der Waals surface area contributed by atoms with E-state index in [1.807, 2.05) is 0 Å².